The van der Waals surface area contributed by atoms with Gasteiger partial charge in [0.25, 0.3) is 0 Å². The molecule has 114 valence electrons. The Hall–Kier alpha value is -2.09. The van der Waals surface area contributed by atoms with Gasteiger partial charge in [0.1, 0.15) is 0 Å². The summed E-state index contributed by atoms with van der Waals surface area (Å²) in [4.78, 5) is 15.6. The zero-order chi connectivity index (χ0) is 15.5. The van der Waals surface area contributed by atoms with Gasteiger partial charge in [-0.05, 0) is 12.5 Å². The van der Waals surface area contributed by atoms with Crippen molar-refractivity contribution in [1.82, 2.24) is 4.98 Å². The molecule has 0 radical (unpaired) electrons. The molecule has 21 heavy (non-hydrogen) atoms. The van der Waals surface area contributed by atoms with Crippen molar-refractivity contribution in [3.05, 3.63) is 30.5 Å². The third-order valence-corrected chi connectivity index (χ3v) is 2.84. The van der Waals surface area contributed by atoms with E-state index in [-0.39, 0.29) is 23.7 Å². The molecule has 1 aliphatic carbocycles. The molecule has 1 aromatic heterocycles. The maximum Gasteiger partial charge on any atom is 0.422 e. The molecule has 1 amide bonds. The van der Waals surface area contributed by atoms with Crippen molar-refractivity contribution in [3.63, 3.8) is 0 Å². The van der Waals surface area contributed by atoms with Gasteiger partial charge in [-0.1, -0.05) is 12.2 Å². The van der Waals surface area contributed by atoms with Crippen molar-refractivity contribution in [2.45, 2.75) is 18.6 Å². The van der Waals surface area contributed by atoms with Gasteiger partial charge in [0.2, 0.25) is 11.8 Å². The molecule has 0 fully saturated rings. The first-order valence-electron chi connectivity index (χ1n) is 6.24. The summed E-state index contributed by atoms with van der Waals surface area (Å²) in [5.41, 5.74) is 6.04. The Balaban J connectivity index is 1.87. The molecular formula is C13H14F3N3O2. The van der Waals surface area contributed by atoms with Gasteiger partial charge in [-0.25, -0.2) is 4.98 Å². The van der Waals surface area contributed by atoms with Gasteiger partial charge in [-0.3, -0.25) is 4.79 Å². The van der Waals surface area contributed by atoms with Crippen LogP contribution < -0.4 is 15.8 Å². The number of nitrogens with two attached hydrogens (primary N) is 1. The minimum absolute atomic E-state index is 0.128. The van der Waals surface area contributed by atoms with Crippen LogP contribution in [-0.2, 0) is 4.79 Å². The second-order valence-electron chi connectivity index (χ2n) is 4.67. The SMILES string of the molecule is NC1C=CC(C(=O)Nc2ccc(OCC(F)(F)F)nc2)C1. The number of ether oxygens (including phenoxy) is 1. The predicted molar refractivity (Wildman–Crippen MR) is 69.6 cm³/mol. The van der Waals surface area contributed by atoms with Crippen LogP contribution in [0.15, 0.2) is 30.5 Å². The molecule has 0 spiro atoms. The van der Waals surface area contributed by atoms with Gasteiger partial charge in [0.15, 0.2) is 6.61 Å². The van der Waals surface area contributed by atoms with Crippen LogP contribution >= 0.6 is 0 Å². The summed E-state index contributed by atoms with van der Waals surface area (Å²) in [5.74, 6) is -0.695. The van der Waals surface area contributed by atoms with Crippen LogP contribution in [-0.4, -0.2) is 29.7 Å². The molecule has 0 bridgehead atoms. The van der Waals surface area contributed by atoms with E-state index < -0.39 is 12.8 Å². The van der Waals surface area contributed by atoms with E-state index in [2.05, 4.69) is 15.0 Å². The van der Waals surface area contributed by atoms with Crippen molar-refractivity contribution in [1.29, 1.82) is 0 Å². The maximum absolute atomic E-state index is 12.0. The summed E-state index contributed by atoms with van der Waals surface area (Å²) in [6.07, 6.45) is 0.848. The summed E-state index contributed by atoms with van der Waals surface area (Å²) < 4.78 is 40.4. The van der Waals surface area contributed by atoms with Crippen molar-refractivity contribution in [2.24, 2.45) is 11.7 Å². The van der Waals surface area contributed by atoms with Crippen molar-refractivity contribution < 1.29 is 22.7 Å². The molecule has 1 aliphatic rings. The molecule has 0 saturated heterocycles. The fourth-order valence-corrected chi connectivity index (χ4v) is 1.85. The number of nitrogens with one attached hydrogen (secondary N) is 1. The Morgan fingerprint density at radius 3 is 2.71 bits per heavy atom. The summed E-state index contributed by atoms with van der Waals surface area (Å²) in [6, 6.07) is 2.56. The van der Waals surface area contributed by atoms with E-state index in [1.54, 1.807) is 12.2 Å². The number of pyridine rings is 1. The predicted octanol–water partition coefficient (Wildman–Crippen LogP) is 1.86. The molecule has 0 saturated carbocycles. The minimum Gasteiger partial charge on any atom is -0.468 e. The molecule has 0 aromatic carbocycles. The molecular weight excluding hydrogens is 287 g/mol. The fraction of sp³-hybridized carbons (Fsp3) is 0.385. The summed E-state index contributed by atoms with van der Waals surface area (Å²) in [5, 5.41) is 2.62. The number of aromatic nitrogens is 1. The molecule has 2 atom stereocenters. The Labute approximate surface area is 119 Å². The molecule has 2 unspecified atom stereocenters. The number of amides is 1. The molecule has 2 rings (SSSR count). The van der Waals surface area contributed by atoms with E-state index in [1.807, 2.05) is 0 Å². The van der Waals surface area contributed by atoms with Gasteiger partial charge in [0.05, 0.1) is 17.8 Å². The lowest BCUT2D eigenvalue weighted by atomic mass is 10.1. The summed E-state index contributed by atoms with van der Waals surface area (Å²) >= 11 is 0. The number of alkyl halides is 3. The fourth-order valence-electron chi connectivity index (χ4n) is 1.85. The van der Waals surface area contributed by atoms with Gasteiger partial charge in [-0.2, -0.15) is 13.2 Å². The van der Waals surface area contributed by atoms with Crippen LogP contribution in [0.4, 0.5) is 18.9 Å². The molecule has 0 aliphatic heterocycles. The van der Waals surface area contributed by atoms with E-state index in [1.165, 1.54) is 18.3 Å². The second kappa shape index (κ2) is 6.13. The van der Waals surface area contributed by atoms with Gasteiger partial charge in [-0.15, -0.1) is 0 Å². The number of nitrogens with zero attached hydrogens (tertiary/aromatic N) is 1. The Kier molecular flexibility index (Phi) is 4.46. The number of halogens is 3. The lowest BCUT2D eigenvalue weighted by Gasteiger charge is -2.11. The monoisotopic (exact) mass is 301 g/mol. The first kappa shape index (κ1) is 15.3. The van der Waals surface area contributed by atoms with Crippen LogP contribution in [0.3, 0.4) is 0 Å². The quantitative estimate of drug-likeness (QED) is 0.832. The zero-order valence-electron chi connectivity index (χ0n) is 10.9. The third kappa shape index (κ3) is 4.75. The first-order chi connectivity index (χ1) is 9.83. The van der Waals surface area contributed by atoms with E-state index in [9.17, 15) is 18.0 Å². The number of hydrogen-bond acceptors (Lipinski definition) is 4. The smallest absolute Gasteiger partial charge is 0.422 e. The maximum atomic E-state index is 12.0. The molecule has 1 aromatic rings. The number of anilines is 1. The normalized spacial score (nSPS) is 21.3. The van der Waals surface area contributed by atoms with E-state index >= 15 is 0 Å². The standard InChI is InChI=1S/C13H14F3N3O2/c14-13(15,16)7-21-11-4-3-10(6-18-11)19-12(20)8-1-2-9(17)5-8/h1-4,6,8-9H,5,7,17H2,(H,19,20). The van der Waals surface area contributed by atoms with Crippen LogP contribution in [0.25, 0.3) is 0 Å². The number of rotatable bonds is 4. The summed E-state index contributed by atoms with van der Waals surface area (Å²) in [7, 11) is 0. The van der Waals surface area contributed by atoms with Crippen molar-refractivity contribution in [2.75, 3.05) is 11.9 Å². The van der Waals surface area contributed by atoms with Gasteiger partial charge >= 0.3 is 6.18 Å². The molecule has 1 heterocycles. The van der Waals surface area contributed by atoms with Crippen LogP contribution in [0.5, 0.6) is 5.88 Å². The molecule has 5 nitrogen and oxygen atoms in total. The zero-order valence-corrected chi connectivity index (χ0v) is 10.9. The Bertz CT molecular complexity index is 528. The van der Waals surface area contributed by atoms with Crippen molar-refractivity contribution in [3.8, 4) is 5.88 Å². The Morgan fingerprint density at radius 2 is 2.19 bits per heavy atom. The number of hydrogen-bond donors (Lipinski definition) is 2. The van der Waals surface area contributed by atoms with Crippen molar-refractivity contribution >= 4 is 11.6 Å². The highest BCUT2D eigenvalue weighted by molar-refractivity contribution is 5.93. The van der Waals surface area contributed by atoms with E-state index in [4.69, 9.17) is 5.73 Å². The second-order valence-corrected chi connectivity index (χ2v) is 4.67. The van der Waals surface area contributed by atoms with E-state index in [0.717, 1.165) is 0 Å². The topological polar surface area (TPSA) is 77.2 Å². The lowest BCUT2D eigenvalue weighted by Crippen LogP contribution is -2.24. The lowest BCUT2D eigenvalue weighted by molar-refractivity contribution is -0.154. The van der Waals surface area contributed by atoms with Gasteiger partial charge < -0.3 is 15.8 Å². The van der Waals surface area contributed by atoms with Crippen LogP contribution in [0.2, 0.25) is 0 Å². The van der Waals surface area contributed by atoms with Crippen LogP contribution in [0, 0.1) is 5.92 Å². The highest BCUT2D eigenvalue weighted by Gasteiger charge is 2.28. The Morgan fingerprint density at radius 1 is 1.43 bits per heavy atom. The minimum atomic E-state index is -4.41. The third-order valence-electron chi connectivity index (χ3n) is 2.84. The average Bonchev–Trinajstić information content (AvgIpc) is 2.84. The largest absolute Gasteiger partial charge is 0.468 e. The average molecular weight is 301 g/mol. The van der Waals surface area contributed by atoms with Crippen LogP contribution in [0.1, 0.15) is 6.42 Å². The highest BCUT2D eigenvalue weighted by Crippen LogP contribution is 2.20. The van der Waals surface area contributed by atoms with Gasteiger partial charge in [0, 0.05) is 12.1 Å². The molecule has 3 N–H and O–H groups in total. The highest BCUT2D eigenvalue weighted by atomic mass is 19.4. The number of carbonyl (C=O) groups excluding carboxylic acids is 1. The van der Waals surface area contributed by atoms with E-state index in [0.29, 0.717) is 12.1 Å². The number of carbonyl (C=O) groups is 1. The molecule has 8 heteroatoms. The summed E-state index contributed by atoms with van der Waals surface area (Å²) in [6.45, 7) is -1.41. The first-order valence-corrected chi connectivity index (χ1v) is 6.24.